The van der Waals surface area contributed by atoms with Crippen molar-refractivity contribution < 1.29 is 25.2 Å². The van der Waals surface area contributed by atoms with Crippen LogP contribution in [0.3, 0.4) is 0 Å². The minimum Gasteiger partial charge on any atom is -0.394 e. The number of rotatable bonds is 6. The highest BCUT2D eigenvalue weighted by atomic mass is 16.5. The Morgan fingerprint density at radius 3 is 2.08 bits per heavy atom. The minimum atomic E-state index is -1.12. The topological polar surface area (TPSA) is 90.2 Å². The zero-order chi connectivity index (χ0) is 10.5. The number of hydrogen-bond acceptors (Lipinski definition) is 5. The molecule has 0 aromatic rings. The zero-order valence-electron chi connectivity index (χ0n) is 7.97. The van der Waals surface area contributed by atoms with Crippen LogP contribution in [0.4, 0.5) is 0 Å². The van der Waals surface area contributed by atoms with Gasteiger partial charge in [-0.05, 0) is 13.8 Å². The molecule has 13 heavy (non-hydrogen) atoms. The van der Waals surface area contributed by atoms with Crippen molar-refractivity contribution in [3.8, 4) is 0 Å². The maximum atomic E-state index is 9.27. The van der Waals surface area contributed by atoms with E-state index >= 15 is 0 Å². The predicted octanol–water partition coefficient (Wildman–Crippen LogP) is -1.51. The fraction of sp³-hybridized carbons (Fsp3) is 1.00. The zero-order valence-corrected chi connectivity index (χ0v) is 7.97. The fourth-order valence-electron chi connectivity index (χ4n) is 0.714. The summed E-state index contributed by atoms with van der Waals surface area (Å²) < 4.78 is 5.00. The molecule has 0 spiro atoms. The lowest BCUT2D eigenvalue weighted by atomic mass is 10.1. The highest BCUT2D eigenvalue weighted by Gasteiger charge is 2.21. The van der Waals surface area contributed by atoms with Gasteiger partial charge < -0.3 is 25.2 Å². The van der Waals surface area contributed by atoms with Gasteiger partial charge in [-0.15, -0.1) is 0 Å². The van der Waals surface area contributed by atoms with E-state index in [-0.39, 0.29) is 6.61 Å². The molecule has 1 unspecified atom stereocenters. The van der Waals surface area contributed by atoms with Crippen molar-refractivity contribution in [2.45, 2.75) is 31.7 Å². The lowest BCUT2D eigenvalue weighted by Gasteiger charge is -2.24. The SMILES string of the molecule is CC(C)(O)COC(CO)[C@@H](O)CO. The van der Waals surface area contributed by atoms with E-state index in [0.717, 1.165) is 0 Å². The largest absolute Gasteiger partial charge is 0.394 e. The third-order valence-electron chi connectivity index (χ3n) is 1.45. The third-order valence-corrected chi connectivity index (χ3v) is 1.45. The molecule has 0 amide bonds. The standard InChI is InChI=1S/C8H18O5/c1-8(2,12)5-13-7(4-10)6(11)3-9/h6-7,9-12H,3-5H2,1-2H3/t6-,7?/m0/s1. The van der Waals surface area contributed by atoms with Gasteiger partial charge in [-0.25, -0.2) is 0 Å². The van der Waals surface area contributed by atoms with Crippen LogP contribution in [0.15, 0.2) is 0 Å². The Labute approximate surface area is 77.6 Å². The van der Waals surface area contributed by atoms with Gasteiger partial charge in [0.25, 0.3) is 0 Å². The highest BCUT2D eigenvalue weighted by molar-refractivity contribution is 4.70. The Morgan fingerprint density at radius 2 is 1.77 bits per heavy atom. The molecule has 5 heteroatoms. The van der Waals surface area contributed by atoms with Crippen molar-refractivity contribution in [2.75, 3.05) is 19.8 Å². The molecule has 0 aromatic heterocycles. The van der Waals surface area contributed by atoms with Crippen molar-refractivity contribution in [3.05, 3.63) is 0 Å². The quantitative estimate of drug-likeness (QED) is 0.412. The van der Waals surface area contributed by atoms with Crippen LogP contribution in [0.25, 0.3) is 0 Å². The second-order valence-electron chi connectivity index (χ2n) is 3.59. The Kier molecular flexibility index (Phi) is 5.43. The summed E-state index contributed by atoms with van der Waals surface area (Å²) in [6.07, 6.45) is -1.97. The molecule has 0 saturated heterocycles. The van der Waals surface area contributed by atoms with Crippen LogP contribution in [0.1, 0.15) is 13.8 Å². The lowest BCUT2D eigenvalue weighted by molar-refractivity contribution is -0.116. The summed E-state index contributed by atoms with van der Waals surface area (Å²) in [4.78, 5) is 0. The molecule has 0 heterocycles. The van der Waals surface area contributed by atoms with Gasteiger partial charge in [0.15, 0.2) is 0 Å². The van der Waals surface area contributed by atoms with Gasteiger partial charge in [-0.3, -0.25) is 0 Å². The van der Waals surface area contributed by atoms with Crippen molar-refractivity contribution in [2.24, 2.45) is 0 Å². The molecule has 0 saturated carbocycles. The first-order valence-corrected chi connectivity index (χ1v) is 4.14. The van der Waals surface area contributed by atoms with E-state index in [9.17, 15) is 5.11 Å². The molecule has 2 atom stereocenters. The average molecular weight is 194 g/mol. The molecular formula is C8H18O5. The molecule has 0 fully saturated rings. The van der Waals surface area contributed by atoms with Gasteiger partial charge in [0.2, 0.25) is 0 Å². The van der Waals surface area contributed by atoms with E-state index < -0.39 is 31.0 Å². The summed E-state index contributed by atoms with van der Waals surface area (Å²) in [7, 11) is 0. The maximum absolute atomic E-state index is 9.27. The smallest absolute Gasteiger partial charge is 0.109 e. The molecule has 5 nitrogen and oxygen atoms in total. The van der Waals surface area contributed by atoms with Gasteiger partial charge in [0.1, 0.15) is 12.2 Å². The average Bonchev–Trinajstić information content (AvgIpc) is 2.03. The Morgan fingerprint density at radius 1 is 1.23 bits per heavy atom. The Balaban J connectivity index is 3.85. The van der Waals surface area contributed by atoms with Gasteiger partial charge in [-0.1, -0.05) is 0 Å². The van der Waals surface area contributed by atoms with E-state index in [4.69, 9.17) is 20.1 Å². The molecule has 0 aliphatic carbocycles. The summed E-state index contributed by atoms with van der Waals surface area (Å²) >= 11 is 0. The highest BCUT2D eigenvalue weighted by Crippen LogP contribution is 2.06. The van der Waals surface area contributed by atoms with Crippen molar-refractivity contribution in [1.29, 1.82) is 0 Å². The second kappa shape index (κ2) is 5.51. The van der Waals surface area contributed by atoms with Crippen LogP contribution in [-0.4, -0.2) is 58.1 Å². The van der Waals surface area contributed by atoms with Gasteiger partial charge in [-0.2, -0.15) is 0 Å². The molecule has 0 aromatic carbocycles. The molecule has 0 aliphatic rings. The summed E-state index contributed by atoms with van der Waals surface area (Å²) in [6.45, 7) is 2.23. The van der Waals surface area contributed by atoms with Crippen LogP contribution in [0.2, 0.25) is 0 Å². The molecule has 4 N–H and O–H groups in total. The molecule has 0 bridgehead atoms. The minimum absolute atomic E-state index is 0.00468. The van der Waals surface area contributed by atoms with Crippen LogP contribution in [0.5, 0.6) is 0 Å². The number of ether oxygens (including phenoxy) is 1. The number of aliphatic hydroxyl groups excluding tert-OH is 3. The van der Waals surface area contributed by atoms with Crippen molar-refractivity contribution in [3.63, 3.8) is 0 Å². The first-order valence-electron chi connectivity index (χ1n) is 4.14. The van der Waals surface area contributed by atoms with Crippen LogP contribution in [0, 0.1) is 0 Å². The monoisotopic (exact) mass is 194 g/mol. The predicted molar refractivity (Wildman–Crippen MR) is 46.2 cm³/mol. The van der Waals surface area contributed by atoms with Gasteiger partial charge in [0, 0.05) is 0 Å². The summed E-state index contributed by atoms with van der Waals surface area (Å²) in [5, 5.41) is 35.7. The molecule has 0 aliphatic heterocycles. The van der Waals surface area contributed by atoms with Crippen molar-refractivity contribution >= 4 is 0 Å². The van der Waals surface area contributed by atoms with Gasteiger partial charge >= 0.3 is 0 Å². The number of aliphatic hydroxyl groups is 4. The summed E-state index contributed by atoms with van der Waals surface area (Å²) in [5.41, 5.74) is -1.01. The Bertz CT molecular complexity index is 131. The van der Waals surface area contributed by atoms with Crippen molar-refractivity contribution in [1.82, 2.24) is 0 Å². The Hall–Kier alpha value is -0.200. The normalized spacial score (nSPS) is 17.1. The van der Waals surface area contributed by atoms with E-state index in [1.807, 2.05) is 0 Å². The van der Waals surface area contributed by atoms with Crippen LogP contribution < -0.4 is 0 Å². The maximum Gasteiger partial charge on any atom is 0.109 e. The number of hydrogen-bond donors (Lipinski definition) is 4. The van der Waals surface area contributed by atoms with Crippen LogP contribution in [-0.2, 0) is 4.74 Å². The first-order chi connectivity index (χ1) is 5.90. The van der Waals surface area contributed by atoms with E-state index in [0.29, 0.717) is 0 Å². The first kappa shape index (κ1) is 12.8. The molecule has 80 valence electrons. The lowest BCUT2D eigenvalue weighted by Crippen LogP contribution is -2.39. The fourth-order valence-corrected chi connectivity index (χ4v) is 0.714. The summed E-state index contributed by atoms with van der Waals surface area (Å²) in [5.74, 6) is 0. The van der Waals surface area contributed by atoms with E-state index in [1.165, 1.54) is 0 Å². The van der Waals surface area contributed by atoms with Crippen LogP contribution >= 0.6 is 0 Å². The molecular weight excluding hydrogens is 176 g/mol. The van der Waals surface area contributed by atoms with E-state index in [2.05, 4.69) is 0 Å². The summed E-state index contributed by atoms with van der Waals surface area (Å²) in [6, 6.07) is 0. The van der Waals surface area contributed by atoms with E-state index in [1.54, 1.807) is 13.8 Å². The molecule has 0 rings (SSSR count). The second-order valence-corrected chi connectivity index (χ2v) is 3.59. The molecule has 0 radical (unpaired) electrons. The third kappa shape index (κ3) is 5.95. The van der Waals surface area contributed by atoms with Gasteiger partial charge in [0.05, 0.1) is 25.4 Å².